The van der Waals surface area contributed by atoms with Crippen molar-refractivity contribution >= 4 is 12.0 Å². The highest BCUT2D eigenvalue weighted by Crippen LogP contribution is 2.29. The predicted molar refractivity (Wildman–Crippen MR) is 79.9 cm³/mol. The van der Waals surface area contributed by atoms with Gasteiger partial charge in [0.15, 0.2) is 0 Å². The fourth-order valence-electron chi connectivity index (χ4n) is 2.52. The van der Waals surface area contributed by atoms with Gasteiger partial charge in [-0.1, -0.05) is 0 Å². The van der Waals surface area contributed by atoms with E-state index in [0.29, 0.717) is 0 Å². The van der Waals surface area contributed by atoms with Crippen LogP contribution in [0.15, 0.2) is 18.2 Å². The molecule has 1 aromatic carbocycles. The van der Waals surface area contributed by atoms with Gasteiger partial charge in [0.05, 0.1) is 6.04 Å². The fraction of sp³-hybridized carbons (Fsp3) is 0.500. The molecular formula is C16H20F2N2O3. The minimum absolute atomic E-state index is 0.0408. The molecule has 126 valence electrons. The third-order valence-electron chi connectivity index (χ3n) is 3.47. The molecule has 1 saturated heterocycles. The highest BCUT2D eigenvalue weighted by atomic mass is 19.1. The maximum Gasteiger partial charge on any atom is 0.407 e. The second-order valence-corrected chi connectivity index (χ2v) is 6.53. The Morgan fingerprint density at radius 2 is 2.04 bits per heavy atom. The molecule has 1 heterocycles. The summed E-state index contributed by atoms with van der Waals surface area (Å²) in [6, 6.07) is 2.50. The first-order valence-electron chi connectivity index (χ1n) is 7.37. The van der Waals surface area contributed by atoms with Crippen LogP contribution in [0.5, 0.6) is 0 Å². The molecule has 1 aliphatic rings. The van der Waals surface area contributed by atoms with Gasteiger partial charge in [0.2, 0.25) is 5.91 Å². The van der Waals surface area contributed by atoms with Crippen LogP contribution in [0.25, 0.3) is 0 Å². The molecule has 1 aliphatic heterocycles. The Morgan fingerprint density at radius 3 is 2.70 bits per heavy atom. The smallest absolute Gasteiger partial charge is 0.407 e. The van der Waals surface area contributed by atoms with Crippen molar-refractivity contribution in [2.75, 3.05) is 6.54 Å². The van der Waals surface area contributed by atoms with E-state index in [1.807, 2.05) is 0 Å². The van der Waals surface area contributed by atoms with Gasteiger partial charge in [-0.3, -0.25) is 4.79 Å². The van der Waals surface area contributed by atoms with Crippen molar-refractivity contribution < 1.29 is 23.1 Å². The van der Waals surface area contributed by atoms with Crippen LogP contribution in [0.4, 0.5) is 13.6 Å². The van der Waals surface area contributed by atoms with Crippen molar-refractivity contribution in [3.63, 3.8) is 0 Å². The Hall–Kier alpha value is -2.18. The van der Waals surface area contributed by atoms with Gasteiger partial charge < -0.3 is 15.4 Å². The summed E-state index contributed by atoms with van der Waals surface area (Å²) in [4.78, 5) is 23.6. The van der Waals surface area contributed by atoms with E-state index in [-0.39, 0.29) is 24.4 Å². The molecule has 1 aromatic rings. The van der Waals surface area contributed by atoms with Gasteiger partial charge in [0.1, 0.15) is 17.2 Å². The van der Waals surface area contributed by atoms with E-state index in [9.17, 15) is 18.4 Å². The number of carbonyl (C=O) groups is 2. The molecular weight excluding hydrogens is 306 g/mol. The highest BCUT2D eigenvalue weighted by Gasteiger charge is 2.34. The van der Waals surface area contributed by atoms with Crippen molar-refractivity contribution in [2.24, 2.45) is 0 Å². The molecule has 23 heavy (non-hydrogen) atoms. The molecule has 0 radical (unpaired) electrons. The number of rotatable bonds is 2. The van der Waals surface area contributed by atoms with Crippen LogP contribution in [0.3, 0.4) is 0 Å². The average Bonchev–Trinajstić information content (AvgIpc) is 2.41. The Bertz CT molecular complexity index is 614. The lowest BCUT2D eigenvalue weighted by Gasteiger charge is -2.33. The number of hydrogen-bond acceptors (Lipinski definition) is 3. The lowest BCUT2D eigenvalue weighted by Crippen LogP contribution is -2.53. The summed E-state index contributed by atoms with van der Waals surface area (Å²) in [6.07, 6.45) is -0.707. The molecule has 0 aliphatic carbocycles. The second kappa shape index (κ2) is 6.52. The first-order chi connectivity index (χ1) is 10.7. The Labute approximate surface area is 133 Å². The molecule has 1 fully saturated rings. The summed E-state index contributed by atoms with van der Waals surface area (Å²) < 4.78 is 32.6. The van der Waals surface area contributed by atoms with E-state index in [2.05, 4.69) is 10.6 Å². The molecule has 0 spiro atoms. The molecule has 2 amide bonds. The quantitative estimate of drug-likeness (QED) is 0.877. The first kappa shape index (κ1) is 17.2. The van der Waals surface area contributed by atoms with Crippen LogP contribution in [0.1, 0.15) is 38.7 Å². The zero-order valence-electron chi connectivity index (χ0n) is 13.3. The van der Waals surface area contributed by atoms with Crippen molar-refractivity contribution in [1.29, 1.82) is 0 Å². The average molecular weight is 326 g/mol. The minimum Gasteiger partial charge on any atom is -0.444 e. The van der Waals surface area contributed by atoms with Crippen molar-refractivity contribution in [1.82, 2.24) is 10.6 Å². The number of nitrogens with one attached hydrogen (secondary N) is 2. The maximum atomic E-state index is 14.0. The third-order valence-corrected chi connectivity index (χ3v) is 3.47. The summed E-state index contributed by atoms with van der Waals surface area (Å²) in [7, 11) is 0. The molecule has 2 rings (SSSR count). The van der Waals surface area contributed by atoms with Crippen molar-refractivity contribution in [2.45, 2.75) is 44.8 Å². The largest absolute Gasteiger partial charge is 0.444 e. The van der Waals surface area contributed by atoms with Crippen molar-refractivity contribution in [3.05, 3.63) is 35.4 Å². The lowest BCUT2D eigenvalue weighted by atomic mass is 9.85. The first-order valence-corrected chi connectivity index (χ1v) is 7.37. The molecule has 0 saturated carbocycles. The number of piperidine rings is 1. The van der Waals surface area contributed by atoms with E-state index in [1.54, 1.807) is 20.8 Å². The van der Waals surface area contributed by atoms with Gasteiger partial charge >= 0.3 is 6.09 Å². The molecule has 7 heteroatoms. The van der Waals surface area contributed by atoms with Crippen LogP contribution in [-0.4, -0.2) is 30.2 Å². The lowest BCUT2D eigenvalue weighted by molar-refractivity contribution is -0.123. The Kier molecular flexibility index (Phi) is 4.87. The van der Waals surface area contributed by atoms with Gasteiger partial charge in [-0.15, -0.1) is 0 Å². The third kappa shape index (κ3) is 4.64. The van der Waals surface area contributed by atoms with E-state index < -0.39 is 35.3 Å². The number of alkyl carbamates (subject to hydrolysis) is 1. The summed E-state index contributed by atoms with van der Waals surface area (Å²) in [5, 5.41) is 5.23. The standard InChI is InChI=1S/C16H20F2N2O3/c1-16(2,3)23-15(22)20-13-8-19-14(21)7-11(13)10-6-9(17)4-5-12(10)18/h4-6,11,13H,7-8H2,1-3H3,(H,19,21)(H,20,22)/t11?,13-/m0/s1. The van der Waals surface area contributed by atoms with Gasteiger partial charge in [-0.05, 0) is 44.5 Å². The number of carbonyl (C=O) groups excluding carboxylic acids is 2. The van der Waals surface area contributed by atoms with Crippen molar-refractivity contribution in [3.8, 4) is 0 Å². The van der Waals surface area contributed by atoms with E-state index in [0.717, 1.165) is 18.2 Å². The minimum atomic E-state index is -0.679. The van der Waals surface area contributed by atoms with E-state index in [1.165, 1.54) is 0 Å². The number of halogens is 2. The number of benzene rings is 1. The molecule has 2 atom stereocenters. The molecule has 0 bridgehead atoms. The van der Waals surface area contributed by atoms with Gasteiger partial charge in [0.25, 0.3) is 0 Å². The van der Waals surface area contributed by atoms with Gasteiger partial charge in [-0.2, -0.15) is 0 Å². The van der Waals surface area contributed by atoms with Crippen LogP contribution in [-0.2, 0) is 9.53 Å². The molecule has 1 unspecified atom stereocenters. The maximum absolute atomic E-state index is 14.0. The highest BCUT2D eigenvalue weighted by molar-refractivity contribution is 5.79. The number of amides is 2. The summed E-state index contributed by atoms with van der Waals surface area (Å²) in [5.41, 5.74) is -0.609. The Balaban J connectivity index is 2.21. The summed E-state index contributed by atoms with van der Waals surface area (Å²) in [5.74, 6) is -2.14. The fourth-order valence-corrected chi connectivity index (χ4v) is 2.52. The van der Waals surface area contributed by atoms with Gasteiger partial charge in [-0.25, -0.2) is 13.6 Å². The van der Waals surface area contributed by atoms with Crippen LogP contribution < -0.4 is 10.6 Å². The van der Waals surface area contributed by atoms with Gasteiger partial charge in [0, 0.05) is 18.9 Å². The van der Waals surface area contributed by atoms with Crippen LogP contribution >= 0.6 is 0 Å². The molecule has 2 N–H and O–H groups in total. The normalized spacial score (nSPS) is 21.5. The number of ether oxygens (including phenoxy) is 1. The SMILES string of the molecule is CC(C)(C)OC(=O)N[C@H]1CNC(=O)CC1c1cc(F)ccc1F. The Morgan fingerprint density at radius 1 is 1.35 bits per heavy atom. The zero-order chi connectivity index (χ0) is 17.2. The molecule has 0 aromatic heterocycles. The monoisotopic (exact) mass is 326 g/mol. The second-order valence-electron chi connectivity index (χ2n) is 6.53. The zero-order valence-corrected chi connectivity index (χ0v) is 13.3. The topological polar surface area (TPSA) is 67.4 Å². The van der Waals surface area contributed by atoms with E-state index >= 15 is 0 Å². The van der Waals surface area contributed by atoms with Crippen LogP contribution in [0, 0.1) is 11.6 Å². The predicted octanol–water partition coefficient (Wildman–Crippen LogP) is 2.46. The van der Waals surface area contributed by atoms with Crippen LogP contribution in [0.2, 0.25) is 0 Å². The number of hydrogen-bond donors (Lipinski definition) is 2. The summed E-state index contributed by atoms with van der Waals surface area (Å²) in [6.45, 7) is 5.29. The molecule has 5 nitrogen and oxygen atoms in total. The van der Waals surface area contributed by atoms with E-state index in [4.69, 9.17) is 4.74 Å². The summed E-state index contributed by atoms with van der Waals surface area (Å²) >= 11 is 0.